The Hall–Kier alpha value is -1.99. The number of ether oxygens (including phenoxy) is 2. The lowest BCUT2D eigenvalue weighted by Gasteiger charge is -2.14. The number of methoxy groups -OCH3 is 2. The van der Waals surface area contributed by atoms with Crippen LogP contribution in [-0.2, 0) is 10.0 Å². The highest BCUT2D eigenvalue weighted by molar-refractivity contribution is 7.92. The first-order valence-electron chi connectivity index (χ1n) is 6.49. The van der Waals surface area contributed by atoms with Gasteiger partial charge in [0.25, 0.3) is 10.0 Å². The maximum Gasteiger partial charge on any atom is 0.264 e. The molecule has 0 saturated heterocycles. The van der Waals surface area contributed by atoms with Crippen molar-refractivity contribution >= 4 is 27.3 Å². The van der Waals surface area contributed by atoms with Crippen molar-refractivity contribution in [1.29, 1.82) is 0 Å². The fourth-order valence-corrected chi connectivity index (χ4v) is 3.31. The topological polar surface area (TPSA) is 64.6 Å². The first-order chi connectivity index (χ1) is 10.8. The van der Waals surface area contributed by atoms with Crippen molar-refractivity contribution < 1.29 is 22.3 Å². The molecule has 0 radical (unpaired) electrons. The molecule has 0 aliphatic rings. The zero-order valence-electron chi connectivity index (χ0n) is 12.7. The Morgan fingerprint density at radius 3 is 2.30 bits per heavy atom. The van der Waals surface area contributed by atoms with Gasteiger partial charge in [0.1, 0.15) is 10.7 Å². The third-order valence-corrected chi connectivity index (χ3v) is 4.79. The van der Waals surface area contributed by atoms with Crippen LogP contribution in [0, 0.1) is 12.7 Å². The van der Waals surface area contributed by atoms with Gasteiger partial charge in [-0.15, -0.1) is 0 Å². The van der Waals surface area contributed by atoms with Gasteiger partial charge in [-0.1, -0.05) is 17.7 Å². The van der Waals surface area contributed by atoms with E-state index in [0.29, 0.717) is 10.6 Å². The van der Waals surface area contributed by atoms with Gasteiger partial charge in [0.05, 0.1) is 19.9 Å². The minimum absolute atomic E-state index is 0.0999. The van der Waals surface area contributed by atoms with Gasteiger partial charge < -0.3 is 9.47 Å². The van der Waals surface area contributed by atoms with Crippen molar-refractivity contribution in [3.8, 4) is 11.5 Å². The van der Waals surface area contributed by atoms with E-state index in [1.165, 1.54) is 20.3 Å². The zero-order valence-corrected chi connectivity index (χ0v) is 14.3. The third kappa shape index (κ3) is 3.68. The molecule has 0 amide bonds. The molecule has 0 fully saturated rings. The van der Waals surface area contributed by atoms with Crippen molar-refractivity contribution in [1.82, 2.24) is 0 Å². The van der Waals surface area contributed by atoms with Crippen LogP contribution in [0.15, 0.2) is 35.2 Å². The van der Waals surface area contributed by atoms with E-state index in [1.54, 1.807) is 19.1 Å². The number of hydrogen-bond donors (Lipinski definition) is 1. The van der Waals surface area contributed by atoms with E-state index in [-0.39, 0.29) is 17.2 Å². The Morgan fingerprint density at radius 2 is 1.70 bits per heavy atom. The minimum Gasteiger partial charge on any atom is -0.493 e. The third-order valence-electron chi connectivity index (χ3n) is 3.17. The van der Waals surface area contributed by atoms with Crippen LogP contribution in [-0.4, -0.2) is 22.6 Å². The standard InChI is InChI=1S/C15H15ClFNO4S/c1-9-4-5-10(16)6-12(9)18-23(19,20)15-8-14(22-3)13(21-2)7-11(15)17/h4-8,18H,1-3H3. The van der Waals surface area contributed by atoms with E-state index in [0.717, 1.165) is 12.1 Å². The first-order valence-corrected chi connectivity index (χ1v) is 8.35. The van der Waals surface area contributed by atoms with E-state index in [4.69, 9.17) is 21.1 Å². The summed E-state index contributed by atoms with van der Waals surface area (Å²) in [4.78, 5) is -0.547. The molecule has 2 rings (SSSR count). The van der Waals surface area contributed by atoms with Gasteiger partial charge in [0.2, 0.25) is 0 Å². The summed E-state index contributed by atoms with van der Waals surface area (Å²) in [5.74, 6) is -0.741. The van der Waals surface area contributed by atoms with Crippen LogP contribution in [0.25, 0.3) is 0 Å². The lowest BCUT2D eigenvalue weighted by Crippen LogP contribution is -2.15. The van der Waals surface area contributed by atoms with Crippen LogP contribution in [0.1, 0.15) is 5.56 Å². The summed E-state index contributed by atoms with van der Waals surface area (Å²) >= 11 is 5.86. The second-order valence-corrected chi connectivity index (χ2v) is 6.79. The van der Waals surface area contributed by atoms with Crippen LogP contribution in [0.3, 0.4) is 0 Å². The van der Waals surface area contributed by atoms with Crippen LogP contribution < -0.4 is 14.2 Å². The fourth-order valence-electron chi connectivity index (χ4n) is 1.95. The van der Waals surface area contributed by atoms with Crippen molar-refractivity contribution in [3.63, 3.8) is 0 Å². The summed E-state index contributed by atoms with van der Waals surface area (Å²) in [7, 11) is -1.49. The summed E-state index contributed by atoms with van der Waals surface area (Å²) < 4.78 is 51.4. The Kier molecular flexibility index (Phi) is 5.01. The second kappa shape index (κ2) is 6.64. The van der Waals surface area contributed by atoms with Crippen molar-refractivity contribution in [2.45, 2.75) is 11.8 Å². The smallest absolute Gasteiger partial charge is 0.264 e. The molecular weight excluding hydrogens is 345 g/mol. The maximum atomic E-state index is 14.2. The van der Waals surface area contributed by atoms with Gasteiger partial charge in [-0.25, -0.2) is 12.8 Å². The molecule has 0 spiro atoms. The zero-order chi connectivity index (χ0) is 17.2. The molecule has 0 saturated carbocycles. The number of benzene rings is 2. The van der Waals surface area contributed by atoms with E-state index in [1.807, 2.05) is 0 Å². The maximum absolute atomic E-state index is 14.2. The molecular formula is C15H15ClFNO4S. The molecule has 1 N–H and O–H groups in total. The van der Waals surface area contributed by atoms with E-state index >= 15 is 0 Å². The van der Waals surface area contributed by atoms with Gasteiger partial charge in [-0.2, -0.15) is 0 Å². The van der Waals surface area contributed by atoms with Crippen LogP contribution in [0.5, 0.6) is 11.5 Å². The number of rotatable bonds is 5. The lowest BCUT2D eigenvalue weighted by molar-refractivity contribution is 0.350. The Labute approximate surface area is 139 Å². The normalized spacial score (nSPS) is 11.2. The molecule has 2 aromatic carbocycles. The molecule has 5 nitrogen and oxygen atoms in total. The second-order valence-electron chi connectivity index (χ2n) is 4.70. The van der Waals surface area contributed by atoms with Crippen molar-refractivity contribution in [3.05, 3.63) is 46.7 Å². The fraction of sp³-hybridized carbons (Fsp3) is 0.200. The summed E-state index contributed by atoms with van der Waals surface area (Å²) in [6, 6.07) is 6.76. The highest BCUT2D eigenvalue weighted by Gasteiger charge is 2.23. The average molecular weight is 360 g/mol. The minimum atomic E-state index is -4.16. The van der Waals surface area contributed by atoms with Gasteiger partial charge in [0.15, 0.2) is 11.5 Å². The molecule has 23 heavy (non-hydrogen) atoms. The van der Waals surface area contributed by atoms with Crippen LogP contribution in [0.4, 0.5) is 10.1 Å². The molecule has 124 valence electrons. The van der Waals surface area contributed by atoms with E-state index < -0.39 is 20.7 Å². The van der Waals surface area contributed by atoms with Gasteiger partial charge >= 0.3 is 0 Å². The molecule has 0 heterocycles. The van der Waals surface area contributed by atoms with Crippen molar-refractivity contribution in [2.24, 2.45) is 0 Å². The molecule has 0 aliphatic heterocycles. The number of anilines is 1. The molecule has 2 aromatic rings. The average Bonchev–Trinajstić information content (AvgIpc) is 2.50. The number of halogens is 2. The van der Waals surface area contributed by atoms with Gasteiger partial charge in [-0.3, -0.25) is 4.72 Å². The van der Waals surface area contributed by atoms with Gasteiger partial charge in [0, 0.05) is 17.2 Å². The summed E-state index contributed by atoms with van der Waals surface area (Å²) in [6.07, 6.45) is 0. The number of sulfonamides is 1. The Morgan fingerprint density at radius 1 is 1.09 bits per heavy atom. The molecule has 0 bridgehead atoms. The van der Waals surface area contributed by atoms with Crippen molar-refractivity contribution in [2.75, 3.05) is 18.9 Å². The largest absolute Gasteiger partial charge is 0.493 e. The van der Waals surface area contributed by atoms with E-state index in [2.05, 4.69) is 4.72 Å². The molecule has 0 aromatic heterocycles. The lowest BCUT2D eigenvalue weighted by atomic mass is 10.2. The quantitative estimate of drug-likeness (QED) is 0.885. The molecule has 8 heteroatoms. The Bertz CT molecular complexity index is 840. The number of hydrogen-bond acceptors (Lipinski definition) is 4. The van der Waals surface area contributed by atoms with Crippen LogP contribution >= 0.6 is 11.6 Å². The predicted molar refractivity (Wildman–Crippen MR) is 86.5 cm³/mol. The highest BCUT2D eigenvalue weighted by atomic mass is 35.5. The highest BCUT2D eigenvalue weighted by Crippen LogP contribution is 2.33. The summed E-state index contributed by atoms with van der Waals surface area (Å²) in [5, 5.41) is 0.362. The van der Waals surface area contributed by atoms with Gasteiger partial charge in [-0.05, 0) is 24.6 Å². The van der Waals surface area contributed by atoms with E-state index in [9.17, 15) is 12.8 Å². The van der Waals surface area contributed by atoms with Crippen LogP contribution in [0.2, 0.25) is 5.02 Å². The molecule has 0 atom stereocenters. The Balaban J connectivity index is 2.49. The molecule has 0 unspecified atom stereocenters. The molecule has 0 aliphatic carbocycles. The SMILES string of the molecule is COc1cc(F)c(S(=O)(=O)Nc2cc(Cl)ccc2C)cc1OC. The first kappa shape index (κ1) is 17.4. The summed E-state index contributed by atoms with van der Waals surface area (Å²) in [5.41, 5.74) is 0.922. The monoisotopic (exact) mass is 359 g/mol. The summed E-state index contributed by atoms with van der Waals surface area (Å²) in [6.45, 7) is 1.71. The number of aryl methyl sites for hydroxylation is 1. The number of nitrogens with one attached hydrogen (secondary N) is 1. The predicted octanol–water partition coefficient (Wildman–Crippen LogP) is 3.61.